The predicted molar refractivity (Wildman–Crippen MR) is 86.3 cm³/mol. The number of para-hydroxylation sites is 1. The Hall–Kier alpha value is -2.64. The number of hydrogen-bond donors (Lipinski definition) is 3. The second kappa shape index (κ2) is 6.64. The largest absolute Gasteiger partial charge is 0.477 e. The van der Waals surface area contributed by atoms with Gasteiger partial charge in [0.25, 0.3) is 10.1 Å². The van der Waals surface area contributed by atoms with E-state index in [0.717, 1.165) is 16.5 Å². The molecule has 0 unspecified atom stereocenters. The molecule has 6 nitrogen and oxygen atoms in total. The van der Waals surface area contributed by atoms with Crippen molar-refractivity contribution in [2.24, 2.45) is 0 Å². The summed E-state index contributed by atoms with van der Waals surface area (Å²) in [5.41, 5.74) is 2.04. The van der Waals surface area contributed by atoms with Gasteiger partial charge in [-0.05, 0) is 31.2 Å². The van der Waals surface area contributed by atoms with E-state index < -0.39 is 16.1 Å². The van der Waals surface area contributed by atoms with Gasteiger partial charge < -0.3 is 10.1 Å². The highest BCUT2D eigenvalue weighted by Crippen LogP contribution is 2.14. The molecule has 0 saturated carbocycles. The third-order valence-electron chi connectivity index (χ3n) is 3.08. The molecule has 2 aromatic carbocycles. The molecule has 3 rings (SSSR count). The fourth-order valence-electron chi connectivity index (χ4n) is 1.90. The Bertz CT molecular complexity index is 894. The Morgan fingerprint density at radius 1 is 1.04 bits per heavy atom. The number of fused-ring (bicyclic) bond motifs is 1. The summed E-state index contributed by atoms with van der Waals surface area (Å²) in [5.74, 6) is -0.925. The van der Waals surface area contributed by atoms with Crippen LogP contribution < -0.4 is 0 Å². The Labute approximate surface area is 133 Å². The van der Waals surface area contributed by atoms with Crippen LogP contribution in [0.2, 0.25) is 0 Å². The number of carboxylic acids is 1. The van der Waals surface area contributed by atoms with Gasteiger partial charge in [-0.2, -0.15) is 8.42 Å². The van der Waals surface area contributed by atoms with Gasteiger partial charge in [0.2, 0.25) is 0 Å². The lowest BCUT2D eigenvalue weighted by molar-refractivity contribution is 0.0691. The lowest BCUT2D eigenvalue weighted by Crippen LogP contribution is -1.96. The van der Waals surface area contributed by atoms with Crippen LogP contribution in [0.4, 0.5) is 0 Å². The van der Waals surface area contributed by atoms with Gasteiger partial charge in [-0.25, -0.2) is 4.79 Å². The molecule has 0 radical (unpaired) electrons. The van der Waals surface area contributed by atoms with Crippen molar-refractivity contribution in [3.8, 4) is 0 Å². The lowest BCUT2D eigenvalue weighted by Gasteiger charge is -1.95. The molecule has 23 heavy (non-hydrogen) atoms. The molecule has 3 aromatic rings. The molecule has 0 bridgehead atoms. The summed E-state index contributed by atoms with van der Waals surface area (Å²) in [7, 11) is -4.02. The van der Waals surface area contributed by atoms with Crippen molar-refractivity contribution >= 4 is 27.0 Å². The van der Waals surface area contributed by atoms with Gasteiger partial charge in [-0.3, -0.25) is 4.55 Å². The highest BCUT2D eigenvalue weighted by molar-refractivity contribution is 7.85. The summed E-state index contributed by atoms with van der Waals surface area (Å²) in [5, 5.41) is 9.58. The first-order valence-corrected chi connectivity index (χ1v) is 8.06. The van der Waals surface area contributed by atoms with E-state index in [1.807, 2.05) is 31.2 Å². The Morgan fingerprint density at radius 3 is 2.17 bits per heavy atom. The minimum Gasteiger partial charge on any atom is -0.477 e. The van der Waals surface area contributed by atoms with E-state index in [4.69, 9.17) is 9.66 Å². The molecule has 0 saturated heterocycles. The van der Waals surface area contributed by atoms with Crippen LogP contribution in [0.5, 0.6) is 0 Å². The molecule has 0 spiro atoms. The number of benzene rings is 2. The van der Waals surface area contributed by atoms with Crippen LogP contribution in [0.3, 0.4) is 0 Å². The average molecular weight is 333 g/mol. The molecular formula is C16H15NO5S. The second-order valence-corrected chi connectivity index (χ2v) is 6.29. The molecule has 0 atom stereocenters. The number of carbonyl (C=O) groups is 1. The van der Waals surface area contributed by atoms with Gasteiger partial charge in [0.05, 0.1) is 4.90 Å². The molecule has 0 fully saturated rings. The number of aromatic carboxylic acids is 1. The molecule has 7 heteroatoms. The van der Waals surface area contributed by atoms with Gasteiger partial charge in [-0.1, -0.05) is 35.9 Å². The van der Waals surface area contributed by atoms with E-state index in [9.17, 15) is 13.2 Å². The van der Waals surface area contributed by atoms with Crippen molar-refractivity contribution in [3.05, 3.63) is 65.9 Å². The zero-order valence-electron chi connectivity index (χ0n) is 12.2. The summed E-state index contributed by atoms with van der Waals surface area (Å²) in [6.45, 7) is 1.84. The monoisotopic (exact) mass is 333 g/mol. The SMILES string of the molecule is Cc1ccc(S(=O)(=O)O)cc1.O=C(O)c1cc2ccccc2[nH]1. The smallest absolute Gasteiger partial charge is 0.352 e. The molecule has 3 N–H and O–H groups in total. The average Bonchev–Trinajstić information content (AvgIpc) is 2.91. The van der Waals surface area contributed by atoms with Crippen molar-refractivity contribution in [1.82, 2.24) is 4.98 Å². The summed E-state index contributed by atoms with van der Waals surface area (Å²) in [4.78, 5) is 13.3. The molecular weight excluding hydrogens is 318 g/mol. The highest BCUT2D eigenvalue weighted by atomic mass is 32.2. The van der Waals surface area contributed by atoms with Crippen molar-refractivity contribution < 1.29 is 22.9 Å². The Morgan fingerprint density at radius 2 is 1.65 bits per heavy atom. The van der Waals surface area contributed by atoms with Crippen molar-refractivity contribution in [3.63, 3.8) is 0 Å². The number of aromatic amines is 1. The van der Waals surface area contributed by atoms with E-state index in [0.29, 0.717) is 0 Å². The van der Waals surface area contributed by atoms with Crippen molar-refractivity contribution in [2.45, 2.75) is 11.8 Å². The van der Waals surface area contributed by atoms with Gasteiger partial charge in [0, 0.05) is 10.9 Å². The second-order valence-electron chi connectivity index (χ2n) is 4.86. The van der Waals surface area contributed by atoms with E-state index in [1.165, 1.54) is 12.1 Å². The van der Waals surface area contributed by atoms with Crippen LogP contribution in [0.1, 0.15) is 16.1 Å². The third kappa shape index (κ3) is 4.41. The van der Waals surface area contributed by atoms with Gasteiger partial charge in [-0.15, -0.1) is 0 Å². The normalized spacial score (nSPS) is 10.9. The van der Waals surface area contributed by atoms with Crippen LogP contribution in [0.15, 0.2) is 59.5 Å². The quantitative estimate of drug-likeness (QED) is 0.625. The maximum atomic E-state index is 10.5. The maximum absolute atomic E-state index is 10.5. The van der Waals surface area contributed by atoms with E-state index in [1.54, 1.807) is 18.2 Å². The number of nitrogens with one attached hydrogen (secondary N) is 1. The summed E-state index contributed by atoms with van der Waals surface area (Å²) < 4.78 is 29.6. The lowest BCUT2D eigenvalue weighted by atomic mass is 10.2. The molecule has 0 aliphatic carbocycles. The number of aromatic nitrogens is 1. The number of H-pyrrole nitrogens is 1. The van der Waals surface area contributed by atoms with Gasteiger partial charge >= 0.3 is 5.97 Å². The van der Waals surface area contributed by atoms with Crippen LogP contribution in [-0.4, -0.2) is 29.0 Å². The van der Waals surface area contributed by atoms with E-state index in [-0.39, 0.29) is 10.6 Å². The van der Waals surface area contributed by atoms with E-state index in [2.05, 4.69) is 4.98 Å². The molecule has 0 amide bonds. The zero-order valence-corrected chi connectivity index (χ0v) is 13.0. The molecule has 1 heterocycles. The fraction of sp³-hybridized carbons (Fsp3) is 0.0625. The summed E-state index contributed by atoms with van der Waals surface area (Å²) >= 11 is 0. The first-order chi connectivity index (χ1) is 10.8. The van der Waals surface area contributed by atoms with Gasteiger partial charge in [0.15, 0.2) is 0 Å². The minimum atomic E-state index is -4.02. The first-order valence-electron chi connectivity index (χ1n) is 6.62. The predicted octanol–water partition coefficient (Wildman–Crippen LogP) is 3.11. The van der Waals surface area contributed by atoms with Crippen molar-refractivity contribution in [1.29, 1.82) is 0 Å². The Balaban J connectivity index is 0.000000168. The molecule has 0 aliphatic heterocycles. The van der Waals surface area contributed by atoms with Crippen LogP contribution in [0, 0.1) is 6.92 Å². The fourth-order valence-corrected chi connectivity index (χ4v) is 2.38. The van der Waals surface area contributed by atoms with Crippen LogP contribution in [0.25, 0.3) is 10.9 Å². The zero-order chi connectivity index (χ0) is 17.0. The number of aryl methyl sites for hydroxylation is 1. The molecule has 120 valence electrons. The molecule has 0 aliphatic rings. The van der Waals surface area contributed by atoms with Crippen LogP contribution in [-0.2, 0) is 10.1 Å². The van der Waals surface area contributed by atoms with Crippen molar-refractivity contribution in [2.75, 3.05) is 0 Å². The minimum absolute atomic E-state index is 0.0666. The summed E-state index contributed by atoms with van der Waals surface area (Å²) in [6, 6.07) is 15.1. The number of hydrogen-bond acceptors (Lipinski definition) is 3. The summed E-state index contributed by atoms with van der Waals surface area (Å²) in [6.07, 6.45) is 0. The van der Waals surface area contributed by atoms with Gasteiger partial charge in [0.1, 0.15) is 5.69 Å². The Kier molecular flexibility index (Phi) is 4.83. The standard InChI is InChI=1S/C9H7NO2.C7H8O3S/c11-9(12)8-5-6-3-1-2-4-7(6)10-8;1-6-2-4-7(5-3-6)11(8,9)10/h1-5,10H,(H,11,12);2-5H,1H3,(H,8,9,10). The van der Waals surface area contributed by atoms with E-state index >= 15 is 0 Å². The molecule has 1 aromatic heterocycles. The number of rotatable bonds is 2. The highest BCUT2D eigenvalue weighted by Gasteiger charge is 2.07. The topological polar surface area (TPSA) is 107 Å². The first kappa shape index (κ1) is 16.7. The van der Waals surface area contributed by atoms with Crippen LogP contribution >= 0.6 is 0 Å². The number of carboxylic acid groups (broad SMARTS) is 1. The maximum Gasteiger partial charge on any atom is 0.352 e. The third-order valence-corrected chi connectivity index (χ3v) is 3.95.